The molecule has 88 valence electrons. The molecule has 1 aliphatic rings. The molecule has 1 aliphatic carbocycles. The lowest BCUT2D eigenvalue weighted by Crippen LogP contribution is -2.08. The Balaban J connectivity index is 2.61. The number of benzene rings is 1. The molecule has 0 amide bonds. The van der Waals surface area contributed by atoms with Gasteiger partial charge in [-0.15, -0.1) is 0 Å². The minimum absolute atomic E-state index is 0.183. The Bertz CT molecular complexity index is 526. The highest BCUT2D eigenvalue weighted by atomic mass is 35.5. The predicted octanol–water partition coefficient (Wildman–Crippen LogP) is 1.86. The molecule has 1 saturated carbocycles. The van der Waals surface area contributed by atoms with Gasteiger partial charge in [-0.3, -0.25) is 0 Å². The molecule has 0 saturated heterocycles. The summed E-state index contributed by atoms with van der Waals surface area (Å²) in [4.78, 5) is -0.512. The van der Waals surface area contributed by atoms with Gasteiger partial charge in [-0.2, -0.15) is 0 Å². The molecule has 0 aliphatic heterocycles. The van der Waals surface area contributed by atoms with Gasteiger partial charge in [0.25, 0.3) is 0 Å². The van der Waals surface area contributed by atoms with Crippen LogP contribution >= 0.6 is 11.6 Å². The van der Waals surface area contributed by atoms with Crippen molar-refractivity contribution in [1.82, 2.24) is 0 Å². The lowest BCUT2D eigenvalue weighted by atomic mass is 10.1. The van der Waals surface area contributed by atoms with Crippen molar-refractivity contribution in [3.8, 4) is 0 Å². The zero-order valence-corrected chi connectivity index (χ0v) is 10.1. The van der Waals surface area contributed by atoms with Crippen molar-refractivity contribution in [2.45, 2.75) is 23.3 Å². The maximum atomic E-state index is 13.6. The van der Waals surface area contributed by atoms with Gasteiger partial charge in [0.15, 0.2) is 9.84 Å². The van der Waals surface area contributed by atoms with Crippen molar-refractivity contribution in [2.75, 3.05) is 6.26 Å². The summed E-state index contributed by atoms with van der Waals surface area (Å²) in [5, 5.41) is 9.59. The van der Waals surface area contributed by atoms with Crippen LogP contribution in [0.3, 0.4) is 0 Å². The molecule has 1 N–H and O–H groups in total. The fourth-order valence-electron chi connectivity index (χ4n) is 1.59. The van der Waals surface area contributed by atoms with Crippen LogP contribution in [0.4, 0.5) is 4.39 Å². The van der Waals surface area contributed by atoms with E-state index in [0.29, 0.717) is 18.4 Å². The molecule has 1 aromatic rings. The first kappa shape index (κ1) is 11.8. The van der Waals surface area contributed by atoms with Crippen molar-refractivity contribution >= 4 is 21.4 Å². The summed E-state index contributed by atoms with van der Waals surface area (Å²) >= 11 is 5.72. The first-order valence-electron chi connectivity index (χ1n) is 4.66. The minimum atomic E-state index is -3.69. The Morgan fingerprint density at radius 3 is 2.38 bits per heavy atom. The number of sulfone groups is 1. The van der Waals surface area contributed by atoms with Crippen LogP contribution in [0, 0.1) is 5.82 Å². The van der Waals surface area contributed by atoms with Gasteiger partial charge >= 0.3 is 0 Å². The molecule has 0 unspecified atom stereocenters. The van der Waals surface area contributed by atoms with Crippen LogP contribution in [0.5, 0.6) is 0 Å². The first-order chi connectivity index (χ1) is 7.24. The largest absolute Gasteiger partial charge is 0.385 e. The van der Waals surface area contributed by atoms with Gasteiger partial charge in [0.05, 0.1) is 10.6 Å². The standard InChI is InChI=1S/C10H10ClFO3S/c1-16(14,15)9-7(11)4-6(5-8(9)12)10(13)2-3-10/h4-5,13H,2-3H2,1H3. The molecule has 1 aromatic carbocycles. The molecular formula is C10H10ClFO3S. The van der Waals surface area contributed by atoms with Crippen molar-refractivity contribution in [1.29, 1.82) is 0 Å². The van der Waals surface area contributed by atoms with E-state index in [0.717, 1.165) is 12.3 Å². The first-order valence-corrected chi connectivity index (χ1v) is 6.93. The second-order valence-corrected chi connectivity index (χ2v) is 6.43. The molecule has 0 spiro atoms. The zero-order chi connectivity index (χ0) is 12.1. The number of halogens is 2. The SMILES string of the molecule is CS(=O)(=O)c1c(F)cc(C2(O)CC2)cc1Cl. The van der Waals surface area contributed by atoms with Crippen molar-refractivity contribution in [3.05, 3.63) is 28.5 Å². The summed E-state index contributed by atoms with van der Waals surface area (Å²) in [6.45, 7) is 0. The lowest BCUT2D eigenvalue weighted by molar-refractivity contribution is 0.151. The number of aliphatic hydroxyl groups is 1. The summed E-state index contributed by atoms with van der Waals surface area (Å²) in [6.07, 6.45) is 1.98. The van der Waals surface area contributed by atoms with Gasteiger partial charge in [0, 0.05) is 6.26 Å². The third-order valence-electron chi connectivity index (χ3n) is 2.63. The quantitative estimate of drug-likeness (QED) is 0.887. The average Bonchev–Trinajstić information content (AvgIpc) is 2.80. The number of hydrogen-bond donors (Lipinski definition) is 1. The van der Waals surface area contributed by atoms with Crippen LogP contribution in [-0.4, -0.2) is 19.8 Å². The molecule has 0 atom stereocenters. The summed E-state index contributed by atoms with van der Waals surface area (Å²) in [7, 11) is -3.69. The summed E-state index contributed by atoms with van der Waals surface area (Å²) in [5.41, 5.74) is -0.692. The second-order valence-electron chi connectivity index (χ2n) is 4.07. The molecule has 1 fully saturated rings. The van der Waals surface area contributed by atoms with Crippen LogP contribution in [-0.2, 0) is 15.4 Å². The van der Waals surface area contributed by atoms with E-state index in [9.17, 15) is 17.9 Å². The van der Waals surface area contributed by atoms with Gasteiger partial charge in [-0.1, -0.05) is 11.6 Å². The molecule has 0 heterocycles. The highest BCUT2D eigenvalue weighted by Gasteiger charge is 2.43. The van der Waals surface area contributed by atoms with E-state index < -0.39 is 26.2 Å². The van der Waals surface area contributed by atoms with E-state index in [2.05, 4.69) is 0 Å². The Morgan fingerprint density at radius 1 is 1.44 bits per heavy atom. The number of hydrogen-bond acceptors (Lipinski definition) is 3. The van der Waals surface area contributed by atoms with Crippen molar-refractivity contribution < 1.29 is 17.9 Å². The molecule has 0 bridgehead atoms. The Kier molecular flexibility index (Phi) is 2.53. The van der Waals surface area contributed by atoms with Gasteiger partial charge < -0.3 is 5.11 Å². The fourth-order valence-corrected chi connectivity index (χ4v) is 3.04. The highest BCUT2D eigenvalue weighted by Crippen LogP contribution is 2.46. The van der Waals surface area contributed by atoms with Gasteiger partial charge in [0.1, 0.15) is 10.7 Å². The van der Waals surface area contributed by atoms with E-state index in [1.165, 1.54) is 6.07 Å². The van der Waals surface area contributed by atoms with Gasteiger partial charge in [0.2, 0.25) is 0 Å². The smallest absolute Gasteiger partial charge is 0.179 e. The van der Waals surface area contributed by atoms with Crippen LogP contribution in [0.1, 0.15) is 18.4 Å². The molecule has 3 nitrogen and oxygen atoms in total. The number of rotatable bonds is 2. The van der Waals surface area contributed by atoms with Crippen LogP contribution < -0.4 is 0 Å². The van der Waals surface area contributed by atoms with Gasteiger partial charge in [-0.05, 0) is 30.5 Å². The average molecular weight is 265 g/mol. The molecule has 16 heavy (non-hydrogen) atoms. The topological polar surface area (TPSA) is 54.4 Å². The Labute approximate surface area is 97.8 Å². The lowest BCUT2D eigenvalue weighted by Gasteiger charge is -2.11. The maximum absolute atomic E-state index is 13.6. The van der Waals surface area contributed by atoms with Crippen LogP contribution in [0.25, 0.3) is 0 Å². The highest BCUT2D eigenvalue weighted by molar-refractivity contribution is 7.90. The van der Waals surface area contributed by atoms with E-state index in [1.54, 1.807) is 0 Å². The Morgan fingerprint density at radius 2 is 2.00 bits per heavy atom. The van der Waals surface area contributed by atoms with E-state index in [1.807, 2.05) is 0 Å². The summed E-state index contributed by atoms with van der Waals surface area (Å²) in [6, 6.07) is 2.35. The van der Waals surface area contributed by atoms with E-state index in [-0.39, 0.29) is 5.02 Å². The van der Waals surface area contributed by atoms with Crippen LogP contribution in [0.15, 0.2) is 17.0 Å². The molecule has 2 rings (SSSR count). The molecular weight excluding hydrogens is 255 g/mol. The molecule has 6 heteroatoms. The minimum Gasteiger partial charge on any atom is -0.385 e. The van der Waals surface area contributed by atoms with E-state index in [4.69, 9.17) is 11.6 Å². The molecule has 0 aromatic heterocycles. The predicted molar refractivity (Wildman–Crippen MR) is 57.7 cm³/mol. The fraction of sp³-hybridized carbons (Fsp3) is 0.400. The van der Waals surface area contributed by atoms with Crippen molar-refractivity contribution in [3.63, 3.8) is 0 Å². The summed E-state index contributed by atoms with van der Waals surface area (Å²) in [5.74, 6) is -0.912. The maximum Gasteiger partial charge on any atom is 0.179 e. The van der Waals surface area contributed by atoms with Gasteiger partial charge in [-0.25, -0.2) is 12.8 Å². The normalized spacial score (nSPS) is 18.5. The second kappa shape index (κ2) is 3.42. The zero-order valence-electron chi connectivity index (χ0n) is 8.50. The third-order valence-corrected chi connectivity index (χ3v) is 4.20. The Hall–Kier alpha value is -0.650. The van der Waals surface area contributed by atoms with Crippen molar-refractivity contribution in [2.24, 2.45) is 0 Å². The van der Waals surface area contributed by atoms with Crippen LogP contribution in [0.2, 0.25) is 5.02 Å². The third kappa shape index (κ3) is 1.95. The monoisotopic (exact) mass is 264 g/mol. The molecule has 0 radical (unpaired) electrons. The van der Waals surface area contributed by atoms with E-state index >= 15 is 0 Å². The summed E-state index contributed by atoms with van der Waals surface area (Å²) < 4.78 is 36.1.